The Bertz CT molecular complexity index is 626. The molecule has 0 saturated heterocycles. The summed E-state index contributed by atoms with van der Waals surface area (Å²) >= 11 is 0. The maximum Gasteiger partial charge on any atom is 0.127 e. The van der Waals surface area contributed by atoms with Crippen LogP contribution in [0.25, 0.3) is 0 Å². The molecule has 0 bridgehead atoms. The summed E-state index contributed by atoms with van der Waals surface area (Å²) in [5, 5.41) is 0. The molecular formula is C19H23FN2. The van der Waals surface area contributed by atoms with Crippen LogP contribution < -0.4 is 5.73 Å². The van der Waals surface area contributed by atoms with Gasteiger partial charge in [-0.25, -0.2) is 4.39 Å². The van der Waals surface area contributed by atoms with E-state index in [-0.39, 0.29) is 5.82 Å². The van der Waals surface area contributed by atoms with E-state index < -0.39 is 0 Å². The van der Waals surface area contributed by atoms with Gasteiger partial charge in [-0.05, 0) is 43.0 Å². The maximum atomic E-state index is 14.0. The van der Waals surface area contributed by atoms with E-state index in [1.54, 1.807) is 12.1 Å². The van der Waals surface area contributed by atoms with Crippen LogP contribution in [0.1, 0.15) is 35.6 Å². The summed E-state index contributed by atoms with van der Waals surface area (Å²) in [6.07, 6.45) is 3.05. The number of halogens is 1. The predicted molar refractivity (Wildman–Crippen MR) is 88.0 cm³/mol. The molecule has 3 heteroatoms. The quantitative estimate of drug-likeness (QED) is 0.912. The Hall–Kier alpha value is -1.71. The first-order valence-corrected chi connectivity index (χ1v) is 8.05. The molecule has 2 N–H and O–H groups in total. The molecule has 3 rings (SSSR count). The molecule has 0 spiro atoms. The average molecular weight is 298 g/mol. The second-order valence-corrected chi connectivity index (χ2v) is 5.96. The van der Waals surface area contributed by atoms with E-state index in [0.29, 0.717) is 19.1 Å². The third kappa shape index (κ3) is 3.21. The number of hydrogen-bond acceptors (Lipinski definition) is 2. The van der Waals surface area contributed by atoms with E-state index in [9.17, 15) is 4.39 Å². The molecule has 0 amide bonds. The minimum Gasteiger partial charge on any atom is -0.330 e. The van der Waals surface area contributed by atoms with Crippen molar-refractivity contribution in [1.29, 1.82) is 0 Å². The molecule has 0 radical (unpaired) electrons. The molecule has 22 heavy (non-hydrogen) atoms. The Morgan fingerprint density at radius 3 is 2.68 bits per heavy atom. The molecule has 0 fully saturated rings. The van der Waals surface area contributed by atoms with Gasteiger partial charge in [-0.1, -0.05) is 42.5 Å². The van der Waals surface area contributed by atoms with Crippen molar-refractivity contribution in [3.05, 3.63) is 71.0 Å². The standard InChI is InChI=1S/C19H23FN2/c20-18-9-4-2-7-16(18)14-22-13-11-15-6-1-3-8-17(15)19(22)10-5-12-21/h1-4,6-9,19H,5,10-14,21H2. The van der Waals surface area contributed by atoms with Crippen LogP contribution in [-0.2, 0) is 13.0 Å². The van der Waals surface area contributed by atoms with E-state index in [2.05, 4.69) is 29.2 Å². The normalized spacial score (nSPS) is 18.2. The molecular weight excluding hydrogens is 275 g/mol. The molecule has 2 nitrogen and oxygen atoms in total. The van der Waals surface area contributed by atoms with Crippen molar-refractivity contribution in [2.45, 2.75) is 31.8 Å². The molecule has 116 valence electrons. The van der Waals surface area contributed by atoms with Gasteiger partial charge < -0.3 is 5.73 Å². The van der Waals surface area contributed by atoms with Gasteiger partial charge in [0.05, 0.1) is 0 Å². The monoisotopic (exact) mass is 298 g/mol. The Balaban J connectivity index is 1.85. The van der Waals surface area contributed by atoms with Crippen molar-refractivity contribution >= 4 is 0 Å². The molecule has 0 aromatic heterocycles. The lowest BCUT2D eigenvalue weighted by molar-refractivity contribution is 0.163. The minimum atomic E-state index is -0.112. The number of nitrogens with zero attached hydrogens (tertiary/aromatic N) is 1. The first-order chi connectivity index (χ1) is 10.8. The molecule has 1 aliphatic heterocycles. The van der Waals surface area contributed by atoms with Crippen LogP contribution in [0.15, 0.2) is 48.5 Å². The minimum absolute atomic E-state index is 0.112. The van der Waals surface area contributed by atoms with Crippen molar-refractivity contribution < 1.29 is 4.39 Å². The Morgan fingerprint density at radius 1 is 1.09 bits per heavy atom. The van der Waals surface area contributed by atoms with Gasteiger partial charge in [-0.15, -0.1) is 0 Å². The van der Waals surface area contributed by atoms with E-state index >= 15 is 0 Å². The molecule has 1 unspecified atom stereocenters. The molecule has 1 aliphatic rings. The second-order valence-electron chi connectivity index (χ2n) is 5.96. The fourth-order valence-electron chi connectivity index (χ4n) is 3.39. The van der Waals surface area contributed by atoms with E-state index in [0.717, 1.165) is 31.4 Å². The molecule has 1 atom stereocenters. The lowest BCUT2D eigenvalue weighted by atomic mass is 9.89. The number of nitrogens with two attached hydrogens (primary N) is 1. The highest BCUT2D eigenvalue weighted by atomic mass is 19.1. The molecule has 0 saturated carbocycles. The summed E-state index contributed by atoms with van der Waals surface area (Å²) in [5.74, 6) is -0.112. The predicted octanol–water partition coefficient (Wildman–Crippen LogP) is 3.66. The van der Waals surface area contributed by atoms with Crippen molar-refractivity contribution in [3.63, 3.8) is 0 Å². The largest absolute Gasteiger partial charge is 0.330 e. The first-order valence-electron chi connectivity index (χ1n) is 8.05. The summed E-state index contributed by atoms with van der Waals surface area (Å²) < 4.78 is 14.0. The van der Waals surface area contributed by atoms with Crippen molar-refractivity contribution in [2.24, 2.45) is 5.73 Å². The average Bonchev–Trinajstić information content (AvgIpc) is 2.56. The van der Waals surface area contributed by atoms with Gasteiger partial charge in [0, 0.05) is 24.7 Å². The van der Waals surface area contributed by atoms with Crippen LogP contribution in [0.4, 0.5) is 4.39 Å². The van der Waals surface area contributed by atoms with Gasteiger partial charge in [0.1, 0.15) is 5.82 Å². The summed E-state index contributed by atoms with van der Waals surface area (Å²) in [5.41, 5.74) is 9.30. The Kier molecular flexibility index (Phi) is 4.86. The zero-order chi connectivity index (χ0) is 15.4. The fourth-order valence-corrected chi connectivity index (χ4v) is 3.39. The SMILES string of the molecule is NCCCC1c2ccccc2CCN1Cc1ccccc1F. The number of hydrogen-bond donors (Lipinski definition) is 1. The maximum absolute atomic E-state index is 14.0. The van der Waals surface area contributed by atoms with Crippen LogP contribution in [0.2, 0.25) is 0 Å². The summed E-state index contributed by atoms with van der Waals surface area (Å²) in [7, 11) is 0. The summed E-state index contributed by atoms with van der Waals surface area (Å²) in [6.45, 7) is 2.34. The van der Waals surface area contributed by atoms with Gasteiger partial charge in [0.15, 0.2) is 0 Å². The van der Waals surface area contributed by atoms with Crippen LogP contribution in [-0.4, -0.2) is 18.0 Å². The van der Waals surface area contributed by atoms with Crippen LogP contribution in [0.5, 0.6) is 0 Å². The van der Waals surface area contributed by atoms with Gasteiger partial charge in [0.25, 0.3) is 0 Å². The second kappa shape index (κ2) is 7.03. The summed E-state index contributed by atoms with van der Waals surface area (Å²) in [4.78, 5) is 2.40. The van der Waals surface area contributed by atoms with E-state index in [1.165, 1.54) is 11.1 Å². The number of rotatable bonds is 5. The lowest BCUT2D eigenvalue weighted by Crippen LogP contribution is -2.35. The van der Waals surface area contributed by atoms with Crippen molar-refractivity contribution in [2.75, 3.05) is 13.1 Å². The third-order valence-corrected chi connectivity index (χ3v) is 4.54. The first kappa shape index (κ1) is 15.2. The smallest absolute Gasteiger partial charge is 0.127 e. The number of benzene rings is 2. The number of fused-ring (bicyclic) bond motifs is 1. The van der Waals surface area contributed by atoms with Crippen molar-refractivity contribution in [1.82, 2.24) is 4.90 Å². The third-order valence-electron chi connectivity index (χ3n) is 4.54. The van der Waals surface area contributed by atoms with Crippen LogP contribution >= 0.6 is 0 Å². The molecule has 2 aromatic carbocycles. The highest BCUT2D eigenvalue weighted by Crippen LogP contribution is 2.34. The fraction of sp³-hybridized carbons (Fsp3) is 0.368. The van der Waals surface area contributed by atoms with Gasteiger partial charge >= 0.3 is 0 Å². The van der Waals surface area contributed by atoms with E-state index in [4.69, 9.17) is 5.73 Å². The zero-order valence-corrected chi connectivity index (χ0v) is 12.8. The molecule has 1 heterocycles. The van der Waals surface area contributed by atoms with Crippen LogP contribution in [0.3, 0.4) is 0 Å². The zero-order valence-electron chi connectivity index (χ0n) is 12.8. The van der Waals surface area contributed by atoms with Gasteiger partial charge in [0.2, 0.25) is 0 Å². The van der Waals surface area contributed by atoms with E-state index in [1.807, 2.05) is 12.1 Å². The van der Waals surface area contributed by atoms with Gasteiger partial charge in [-0.3, -0.25) is 4.90 Å². The highest BCUT2D eigenvalue weighted by molar-refractivity contribution is 5.33. The molecule has 0 aliphatic carbocycles. The van der Waals surface area contributed by atoms with Crippen molar-refractivity contribution in [3.8, 4) is 0 Å². The van der Waals surface area contributed by atoms with Crippen LogP contribution in [0, 0.1) is 5.82 Å². The highest BCUT2D eigenvalue weighted by Gasteiger charge is 2.27. The Morgan fingerprint density at radius 2 is 1.86 bits per heavy atom. The summed E-state index contributed by atoms with van der Waals surface area (Å²) in [6, 6.07) is 16.1. The van der Waals surface area contributed by atoms with Gasteiger partial charge in [-0.2, -0.15) is 0 Å². The molecule has 2 aromatic rings. The Labute approximate surface area is 131 Å². The lowest BCUT2D eigenvalue weighted by Gasteiger charge is -2.37. The topological polar surface area (TPSA) is 29.3 Å².